The molecule has 0 saturated carbocycles. The van der Waals surface area contributed by atoms with E-state index in [0.717, 1.165) is 5.92 Å². The zero-order valence-electron chi connectivity index (χ0n) is 5.38. The summed E-state index contributed by atoms with van der Waals surface area (Å²) in [7, 11) is 4.08. The maximum Gasteiger partial charge on any atom is 0.0110 e. The summed E-state index contributed by atoms with van der Waals surface area (Å²) in [5, 5.41) is 0. The molecule has 0 aromatic heterocycles. The molecule has 2 aliphatic rings. The van der Waals surface area contributed by atoms with Crippen LogP contribution in [-0.4, -0.2) is 36.0 Å². The van der Waals surface area contributed by atoms with Crippen molar-refractivity contribution in [2.24, 2.45) is 5.92 Å². The van der Waals surface area contributed by atoms with E-state index < -0.39 is 0 Å². The van der Waals surface area contributed by atoms with Crippen LogP contribution >= 0.6 is 21.6 Å². The highest BCUT2D eigenvalue weighted by Crippen LogP contribution is 2.35. The molecule has 52 valence electrons. The molecule has 0 N–H and O–H groups in total. The molecule has 0 amide bonds. The topological polar surface area (TPSA) is 3.01 Å². The maximum absolute atomic E-state index is 2.52. The molecule has 0 aromatic rings. The lowest BCUT2D eigenvalue weighted by Crippen LogP contribution is -2.14. The van der Waals surface area contributed by atoms with Crippen LogP contribution in [0.4, 0.5) is 0 Å². The Morgan fingerprint density at radius 3 is 2.44 bits per heavy atom. The zero-order valence-corrected chi connectivity index (χ0v) is 7.01. The SMILES string of the molecule is C1SSCC1CN1CC1. The molecule has 2 aliphatic heterocycles. The first kappa shape index (κ1) is 6.38. The van der Waals surface area contributed by atoms with Gasteiger partial charge in [0.25, 0.3) is 0 Å². The van der Waals surface area contributed by atoms with E-state index in [1.54, 1.807) is 0 Å². The fourth-order valence-electron chi connectivity index (χ4n) is 1.06. The monoisotopic (exact) mass is 161 g/mol. The van der Waals surface area contributed by atoms with Crippen LogP contribution in [0.3, 0.4) is 0 Å². The lowest BCUT2D eigenvalue weighted by atomic mass is 10.2. The molecule has 0 radical (unpaired) electrons. The standard InChI is InChI=1S/C6H11NS2/c1-2-7(1)3-6-4-8-9-5-6/h6H,1-5H2. The molecule has 0 spiro atoms. The molecule has 9 heavy (non-hydrogen) atoms. The second-order valence-corrected chi connectivity index (χ2v) is 5.29. The molecule has 2 rings (SSSR count). The third-order valence-corrected chi connectivity index (χ3v) is 4.45. The van der Waals surface area contributed by atoms with E-state index in [2.05, 4.69) is 4.90 Å². The average molecular weight is 161 g/mol. The third kappa shape index (κ3) is 1.79. The Morgan fingerprint density at radius 1 is 1.22 bits per heavy atom. The summed E-state index contributed by atoms with van der Waals surface area (Å²) in [6.45, 7) is 4.11. The van der Waals surface area contributed by atoms with E-state index in [1.165, 1.54) is 31.1 Å². The predicted octanol–water partition coefficient (Wildman–Crippen LogP) is 1.31. The normalized spacial score (nSPS) is 29.3. The molecule has 2 saturated heterocycles. The minimum atomic E-state index is 1.00. The molecule has 2 heterocycles. The van der Waals surface area contributed by atoms with E-state index >= 15 is 0 Å². The lowest BCUT2D eigenvalue weighted by molar-refractivity contribution is 0.471. The largest absolute Gasteiger partial charge is 0.300 e. The molecule has 1 nitrogen and oxygen atoms in total. The predicted molar refractivity (Wildman–Crippen MR) is 44.8 cm³/mol. The van der Waals surface area contributed by atoms with Crippen LogP contribution in [0.5, 0.6) is 0 Å². The summed E-state index contributed by atoms with van der Waals surface area (Å²) in [4.78, 5) is 2.52. The average Bonchev–Trinajstić information content (AvgIpc) is 2.46. The molecular formula is C6H11NS2. The lowest BCUT2D eigenvalue weighted by Gasteiger charge is -2.05. The number of nitrogens with zero attached hydrogens (tertiary/aromatic N) is 1. The van der Waals surface area contributed by atoms with Crippen molar-refractivity contribution < 1.29 is 0 Å². The number of rotatable bonds is 2. The first-order valence-corrected chi connectivity index (χ1v) is 5.91. The van der Waals surface area contributed by atoms with Gasteiger partial charge in [-0.2, -0.15) is 0 Å². The van der Waals surface area contributed by atoms with Crippen molar-refractivity contribution in [3.05, 3.63) is 0 Å². The van der Waals surface area contributed by atoms with Crippen LogP contribution < -0.4 is 0 Å². The van der Waals surface area contributed by atoms with Gasteiger partial charge in [-0.05, 0) is 5.92 Å². The summed E-state index contributed by atoms with van der Waals surface area (Å²) in [5.41, 5.74) is 0. The summed E-state index contributed by atoms with van der Waals surface area (Å²) in [6.07, 6.45) is 0. The van der Waals surface area contributed by atoms with Crippen molar-refractivity contribution in [3.63, 3.8) is 0 Å². The molecule has 0 unspecified atom stereocenters. The Morgan fingerprint density at radius 2 is 1.89 bits per heavy atom. The fourth-order valence-corrected chi connectivity index (χ4v) is 3.97. The highest BCUT2D eigenvalue weighted by molar-refractivity contribution is 8.77. The molecule has 2 fully saturated rings. The van der Waals surface area contributed by atoms with Gasteiger partial charge in [0.15, 0.2) is 0 Å². The van der Waals surface area contributed by atoms with Gasteiger partial charge < -0.3 is 4.90 Å². The van der Waals surface area contributed by atoms with E-state index in [1.807, 2.05) is 21.6 Å². The second kappa shape index (κ2) is 2.72. The van der Waals surface area contributed by atoms with Crippen LogP contribution in [0, 0.1) is 5.92 Å². The quantitative estimate of drug-likeness (QED) is 0.444. The van der Waals surface area contributed by atoms with Gasteiger partial charge in [0.05, 0.1) is 0 Å². The van der Waals surface area contributed by atoms with E-state index in [-0.39, 0.29) is 0 Å². The van der Waals surface area contributed by atoms with Gasteiger partial charge in [-0.15, -0.1) is 0 Å². The van der Waals surface area contributed by atoms with Gasteiger partial charge in [-0.3, -0.25) is 0 Å². The van der Waals surface area contributed by atoms with Crippen LogP contribution in [0.1, 0.15) is 0 Å². The smallest absolute Gasteiger partial charge is 0.0110 e. The molecule has 0 bridgehead atoms. The van der Waals surface area contributed by atoms with Gasteiger partial charge >= 0.3 is 0 Å². The second-order valence-electron chi connectivity index (χ2n) is 2.74. The molecule has 0 aromatic carbocycles. The van der Waals surface area contributed by atoms with Crippen LogP contribution in [0.25, 0.3) is 0 Å². The van der Waals surface area contributed by atoms with E-state index in [0.29, 0.717) is 0 Å². The third-order valence-electron chi connectivity index (χ3n) is 1.75. The van der Waals surface area contributed by atoms with E-state index in [9.17, 15) is 0 Å². The molecule has 0 aliphatic carbocycles. The Labute approximate surface area is 64.0 Å². The minimum Gasteiger partial charge on any atom is -0.300 e. The Balaban J connectivity index is 1.70. The fraction of sp³-hybridized carbons (Fsp3) is 1.00. The summed E-state index contributed by atoms with van der Waals surface area (Å²) < 4.78 is 0. The van der Waals surface area contributed by atoms with Crippen molar-refractivity contribution in [1.82, 2.24) is 4.90 Å². The zero-order chi connectivity index (χ0) is 6.10. The molecule has 0 atom stereocenters. The Hall–Kier alpha value is 0.660. The highest BCUT2D eigenvalue weighted by Gasteiger charge is 2.24. The summed E-state index contributed by atoms with van der Waals surface area (Å²) in [6, 6.07) is 0. The van der Waals surface area contributed by atoms with Gasteiger partial charge in [0.1, 0.15) is 0 Å². The van der Waals surface area contributed by atoms with Gasteiger partial charge in [-0.25, -0.2) is 0 Å². The van der Waals surface area contributed by atoms with Crippen molar-refractivity contribution >= 4 is 21.6 Å². The molecular weight excluding hydrogens is 150 g/mol. The molecule has 3 heteroatoms. The maximum atomic E-state index is 2.52. The summed E-state index contributed by atoms with van der Waals surface area (Å²) >= 11 is 0. The van der Waals surface area contributed by atoms with Gasteiger partial charge in [0.2, 0.25) is 0 Å². The van der Waals surface area contributed by atoms with Gasteiger partial charge in [-0.1, -0.05) is 21.6 Å². The first-order valence-electron chi connectivity index (χ1n) is 3.42. The van der Waals surface area contributed by atoms with Crippen LogP contribution in [0.15, 0.2) is 0 Å². The van der Waals surface area contributed by atoms with Gasteiger partial charge in [0, 0.05) is 31.1 Å². The van der Waals surface area contributed by atoms with Crippen molar-refractivity contribution in [2.45, 2.75) is 0 Å². The first-order chi connectivity index (χ1) is 4.45. The Kier molecular flexibility index (Phi) is 1.93. The Bertz CT molecular complexity index is 97.2. The minimum absolute atomic E-state index is 1.00. The van der Waals surface area contributed by atoms with E-state index in [4.69, 9.17) is 0 Å². The van der Waals surface area contributed by atoms with Crippen LogP contribution in [0.2, 0.25) is 0 Å². The highest BCUT2D eigenvalue weighted by atomic mass is 33.1. The van der Waals surface area contributed by atoms with Crippen molar-refractivity contribution in [2.75, 3.05) is 31.1 Å². The van der Waals surface area contributed by atoms with Crippen LogP contribution in [-0.2, 0) is 0 Å². The van der Waals surface area contributed by atoms with Crippen molar-refractivity contribution in [3.8, 4) is 0 Å². The number of hydrogen-bond donors (Lipinski definition) is 0. The van der Waals surface area contributed by atoms with Crippen molar-refractivity contribution in [1.29, 1.82) is 0 Å². The number of hydrogen-bond acceptors (Lipinski definition) is 3. The summed E-state index contributed by atoms with van der Waals surface area (Å²) in [5.74, 6) is 3.78.